The summed E-state index contributed by atoms with van der Waals surface area (Å²) in [6.07, 6.45) is -6.04. The fourth-order valence-corrected chi connectivity index (χ4v) is 8.29. The number of fused-ring (bicyclic) bond motifs is 2. The van der Waals surface area contributed by atoms with Gasteiger partial charge in [-0.15, -0.1) is 0 Å². The monoisotopic (exact) mass is 1620 g/mol. The molecule has 0 saturated carbocycles. The minimum absolute atomic E-state index is 0.0668. The first-order chi connectivity index (χ1) is 55.2. The first-order valence-corrected chi connectivity index (χ1v) is 40.2. The van der Waals surface area contributed by atoms with E-state index in [4.69, 9.17) is 4.74 Å². The third-order valence-electron chi connectivity index (χ3n) is 12.3. The molecule has 0 heterocycles. The lowest BCUT2D eigenvalue weighted by Gasteiger charge is -2.38. The Balaban J connectivity index is -0.000000118. The van der Waals surface area contributed by atoms with Crippen molar-refractivity contribution in [2.24, 2.45) is 0 Å². The topological polar surface area (TPSA) is 81.7 Å². The molecule has 0 fully saturated rings. The van der Waals surface area contributed by atoms with Crippen molar-refractivity contribution in [3.8, 4) is 5.75 Å². The van der Waals surface area contributed by atoms with Crippen molar-refractivity contribution in [1.82, 2.24) is 0 Å². The Morgan fingerprint density at radius 3 is 0.687 bits per heavy atom. The van der Waals surface area contributed by atoms with Crippen LogP contribution in [0.25, 0.3) is 21.5 Å². The number of benzene rings is 10. The van der Waals surface area contributed by atoms with Crippen molar-refractivity contribution >= 4 is 27.5 Å². The zero-order valence-corrected chi connectivity index (χ0v) is 78.3. The molecule has 10 aromatic rings. The second-order valence-electron chi connectivity index (χ2n) is 22.8. The molecular weight excluding hydrogens is 1460 g/mol. The first-order valence-electron chi connectivity index (χ1n) is 40.2. The van der Waals surface area contributed by atoms with Gasteiger partial charge in [0, 0.05) is 90.7 Å². The smallest absolute Gasteiger partial charge is 0.411 e. The molecule has 10 aromatic carbocycles. The quantitative estimate of drug-likeness (QED) is 0.0925. The number of methoxy groups -OCH3 is 6. The van der Waals surface area contributed by atoms with Crippen molar-refractivity contribution in [3.63, 3.8) is 0 Å². The van der Waals surface area contributed by atoms with Gasteiger partial charge in [0.1, 0.15) is 5.75 Å². The van der Waals surface area contributed by atoms with E-state index in [2.05, 4.69) is 257 Å². The molecule has 0 bridgehead atoms. The summed E-state index contributed by atoms with van der Waals surface area (Å²) in [5, 5.41) is 5.24. The molecule has 115 heavy (non-hydrogen) atoms. The number of aryl methyl sites for hydroxylation is 1. The molecule has 0 amide bonds. The maximum absolute atomic E-state index is 13.5. The van der Waals surface area contributed by atoms with Crippen molar-refractivity contribution in [2.45, 2.75) is 215 Å². The maximum atomic E-state index is 13.5. The Kier molecular flexibility index (Phi) is 109. The molecular formula is C101H160F6O8. The largest absolute Gasteiger partial charge is 0.423 e. The van der Waals surface area contributed by atoms with Gasteiger partial charge < -0.3 is 33.2 Å². The molecule has 0 aliphatic rings. The molecule has 0 aromatic heterocycles. The van der Waals surface area contributed by atoms with Gasteiger partial charge in [-0.1, -0.05) is 421 Å². The van der Waals surface area contributed by atoms with Crippen LogP contribution in [-0.4, -0.2) is 104 Å². The van der Waals surface area contributed by atoms with Gasteiger partial charge in [0.25, 0.3) is 0 Å². The predicted molar refractivity (Wildman–Crippen MR) is 496 cm³/mol. The van der Waals surface area contributed by atoms with E-state index in [1.807, 2.05) is 119 Å². The summed E-state index contributed by atoms with van der Waals surface area (Å²) in [5.41, 5.74) is 0.443. The van der Waals surface area contributed by atoms with Gasteiger partial charge in [0.05, 0.1) is 5.56 Å². The zero-order valence-electron chi connectivity index (χ0n) is 78.3. The van der Waals surface area contributed by atoms with Crippen molar-refractivity contribution < 1.29 is 64.3 Å². The highest BCUT2D eigenvalue weighted by molar-refractivity contribution is 5.91. The summed E-state index contributed by atoms with van der Waals surface area (Å²) in [5.74, 6) is 0.230. The van der Waals surface area contributed by atoms with Gasteiger partial charge >= 0.3 is 18.3 Å². The molecule has 10 rings (SSSR count). The lowest BCUT2D eigenvalue weighted by Crippen LogP contribution is -2.54. The van der Waals surface area contributed by atoms with Crippen molar-refractivity contribution in [2.75, 3.05) is 85.3 Å². The summed E-state index contributed by atoms with van der Waals surface area (Å²) < 4.78 is 112. The molecule has 654 valence electrons. The van der Waals surface area contributed by atoms with Gasteiger partial charge in [-0.3, -0.25) is 0 Å². The minimum Gasteiger partial charge on any atom is -0.423 e. The van der Waals surface area contributed by atoms with Gasteiger partial charge in [-0.25, -0.2) is 4.79 Å². The van der Waals surface area contributed by atoms with E-state index in [0.29, 0.717) is 11.3 Å². The average Bonchev–Trinajstić information content (AvgIpc) is 0.720. The summed E-state index contributed by atoms with van der Waals surface area (Å²) in [7, 11) is 19.5. The lowest BCUT2D eigenvalue weighted by atomic mass is 9.73. The number of halogens is 6. The molecule has 0 spiro atoms. The Morgan fingerprint density at radius 2 is 0.470 bits per heavy atom. The fourth-order valence-electron chi connectivity index (χ4n) is 8.29. The number of para-hydroxylation sites is 1. The predicted octanol–water partition coefficient (Wildman–Crippen LogP) is 31.7. The molecule has 0 atom stereocenters. The molecule has 0 aliphatic heterocycles. The van der Waals surface area contributed by atoms with E-state index in [9.17, 15) is 31.1 Å². The number of carbonyl (C=O) groups is 1. The van der Waals surface area contributed by atoms with E-state index in [-0.39, 0.29) is 11.4 Å². The second kappa shape index (κ2) is 96.1. The van der Waals surface area contributed by atoms with Crippen LogP contribution in [0.15, 0.2) is 267 Å². The summed E-state index contributed by atoms with van der Waals surface area (Å²) in [6.45, 7) is 50.0. The molecule has 0 N–H and O–H groups in total. The van der Waals surface area contributed by atoms with Crippen LogP contribution in [0.2, 0.25) is 0 Å². The summed E-state index contributed by atoms with van der Waals surface area (Å²) >= 11 is 0. The summed E-state index contributed by atoms with van der Waals surface area (Å²) in [4.78, 5) is 11.6. The molecule has 0 radical (unpaired) electrons. The molecule has 14 heteroatoms. The number of hydrogen-bond acceptors (Lipinski definition) is 8. The van der Waals surface area contributed by atoms with Crippen LogP contribution in [0, 0.1) is 13.8 Å². The number of alkyl halides is 6. The lowest BCUT2D eigenvalue weighted by molar-refractivity contribution is -0.288. The van der Waals surface area contributed by atoms with Crippen LogP contribution >= 0.6 is 0 Å². The Labute approximate surface area is 700 Å². The Bertz CT molecular complexity index is 3160. The number of carbonyl (C=O) groups excluding carboxylic acids is 1. The van der Waals surface area contributed by atoms with E-state index in [1.165, 1.54) is 81.6 Å². The first kappa shape index (κ1) is 130. The van der Waals surface area contributed by atoms with Gasteiger partial charge in [-0.2, -0.15) is 26.3 Å². The van der Waals surface area contributed by atoms with Gasteiger partial charge in [-0.05, 0) is 93.0 Å². The highest BCUT2D eigenvalue weighted by Crippen LogP contribution is 2.56. The van der Waals surface area contributed by atoms with Crippen LogP contribution in [0.4, 0.5) is 26.3 Å². The van der Waals surface area contributed by atoms with Crippen molar-refractivity contribution in [1.29, 1.82) is 0 Å². The van der Waals surface area contributed by atoms with E-state index < -0.39 is 28.9 Å². The Hall–Kier alpha value is -8.47. The van der Waals surface area contributed by atoms with Crippen LogP contribution in [0.5, 0.6) is 5.75 Å². The molecule has 0 unspecified atom stereocenters. The van der Waals surface area contributed by atoms with Crippen molar-refractivity contribution in [3.05, 3.63) is 306 Å². The number of esters is 1. The minimum atomic E-state index is -5.52. The van der Waals surface area contributed by atoms with Gasteiger partial charge in [0.15, 0.2) is 0 Å². The number of hydrogen-bond donors (Lipinski definition) is 0. The van der Waals surface area contributed by atoms with Crippen LogP contribution < -0.4 is 4.74 Å². The molecule has 8 nitrogen and oxygen atoms in total. The average molecular weight is 1620 g/mol. The third kappa shape index (κ3) is 65.4. The summed E-state index contributed by atoms with van der Waals surface area (Å²) in [6, 6.07) is 79.4. The standard InChI is InChI=1S/C17H20.C15H10F6.C13H10O2.2C10H8.4C3H8.6C2H6O.6C2H6/c1-13-9-8-12-16(14(13)2)17(3,4)15-10-6-5-7-11-15;16-14(17,18)13(15(19,20)21,11-7-3-1-4-8-11)12-9-5-2-6-10-12;14-13(11-7-3-1-4-8-11)15-12-9-5-2-6-10-12;2*1-2-6-10-8-4-3-7-9(10)5-1;10*1-3-2;6*1-2/h5-12H,1-4H3;1-10H;1-10H;2*1-8H;4*3H2,1-2H3;6*1-2H3;6*1-2H3. The highest BCUT2D eigenvalue weighted by Gasteiger charge is 2.72. The number of ether oxygens (including phenoxy) is 7. The second-order valence-corrected chi connectivity index (χ2v) is 22.8. The van der Waals surface area contributed by atoms with E-state index in [1.54, 1.807) is 110 Å². The third-order valence-corrected chi connectivity index (χ3v) is 12.3. The molecule has 0 saturated heterocycles. The van der Waals surface area contributed by atoms with Gasteiger partial charge in [0.2, 0.25) is 5.41 Å². The SMILES string of the molecule is CC.CC.CC.CC.CC.CC.CCC.CCC.CCC.CCC.COC.COC.COC.COC.COC.COC.Cc1cccc(C(C)(C)c2ccccc2)c1C.FC(F)(F)C(c1ccccc1)(c1ccccc1)C(F)(F)F.O=C(Oc1ccccc1)c1ccccc1.c1ccc2ccccc2c1.c1ccc2ccccc2c1. The van der Waals surface area contributed by atoms with E-state index in [0.717, 1.165) is 48.5 Å². The normalized spacial score (nSPS) is 8.99. The van der Waals surface area contributed by atoms with Crippen LogP contribution in [-0.2, 0) is 39.3 Å². The zero-order chi connectivity index (χ0) is 91.4. The fraction of sp³-hybridized carbons (Fsp3) is 0.436. The maximum Gasteiger partial charge on any atom is 0.411 e. The Morgan fingerprint density at radius 1 is 0.278 bits per heavy atom. The highest BCUT2D eigenvalue weighted by atomic mass is 19.4. The van der Waals surface area contributed by atoms with Crippen LogP contribution in [0.1, 0.15) is 222 Å². The molecule has 0 aliphatic carbocycles. The number of rotatable bonds is 6. The van der Waals surface area contributed by atoms with E-state index >= 15 is 0 Å². The van der Waals surface area contributed by atoms with Crippen LogP contribution in [0.3, 0.4) is 0 Å².